The predicted molar refractivity (Wildman–Crippen MR) is 58.5 cm³/mol. The normalized spacial score (nSPS) is 14.9. The largest absolute Gasteiger partial charge is 0.391 e. The number of anilines is 1. The van der Waals surface area contributed by atoms with Crippen molar-refractivity contribution in [2.24, 2.45) is 0 Å². The van der Waals surface area contributed by atoms with Crippen molar-refractivity contribution in [1.82, 2.24) is 4.98 Å². The summed E-state index contributed by atoms with van der Waals surface area (Å²) in [5.74, 6) is 0.851. The Kier molecular flexibility index (Phi) is 3.47. The Morgan fingerprint density at radius 1 is 1.36 bits per heavy atom. The monoisotopic (exact) mass is 194 g/mol. The van der Waals surface area contributed by atoms with Gasteiger partial charge in [0.25, 0.3) is 0 Å². The van der Waals surface area contributed by atoms with Crippen molar-refractivity contribution in [1.29, 1.82) is 0 Å². The van der Waals surface area contributed by atoms with Gasteiger partial charge in [0.2, 0.25) is 0 Å². The number of hydrogen-bond donors (Lipinski definition) is 2. The zero-order valence-corrected chi connectivity index (χ0v) is 9.20. The van der Waals surface area contributed by atoms with Crippen molar-refractivity contribution >= 4 is 5.82 Å². The van der Waals surface area contributed by atoms with E-state index in [0.29, 0.717) is 0 Å². The first kappa shape index (κ1) is 11.0. The summed E-state index contributed by atoms with van der Waals surface area (Å²) in [6.45, 7) is 7.73. The van der Waals surface area contributed by atoms with Crippen LogP contribution in [-0.4, -0.2) is 22.2 Å². The molecule has 0 aliphatic heterocycles. The number of nitrogens with one attached hydrogen (secondary N) is 1. The third kappa shape index (κ3) is 2.70. The van der Waals surface area contributed by atoms with E-state index in [4.69, 9.17) is 0 Å². The van der Waals surface area contributed by atoms with Crippen molar-refractivity contribution in [2.45, 2.75) is 39.8 Å². The van der Waals surface area contributed by atoms with Crippen LogP contribution in [0.5, 0.6) is 0 Å². The summed E-state index contributed by atoms with van der Waals surface area (Å²) in [6, 6.07) is 2.09. The molecule has 0 aliphatic rings. The molecule has 0 radical (unpaired) electrons. The van der Waals surface area contributed by atoms with Crippen molar-refractivity contribution in [2.75, 3.05) is 5.32 Å². The second-order valence-electron chi connectivity index (χ2n) is 3.85. The highest BCUT2D eigenvalue weighted by Crippen LogP contribution is 2.13. The van der Waals surface area contributed by atoms with E-state index in [1.54, 1.807) is 6.92 Å². The third-order valence-electron chi connectivity index (χ3n) is 2.30. The van der Waals surface area contributed by atoms with E-state index >= 15 is 0 Å². The fraction of sp³-hybridized carbons (Fsp3) is 0.545. The van der Waals surface area contributed by atoms with Gasteiger partial charge < -0.3 is 10.4 Å². The first-order valence-corrected chi connectivity index (χ1v) is 4.88. The average molecular weight is 194 g/mol. The Balaban J connectivity index is 2.77. The van der Waals surface area contributed by atoms with E-state index in [1.165, 1.54) is 0 Å². The number of hydrogen-bond acceptors (Lipinski definition) is 3. The molecule has 78 valence electrons. The number of aliphatic hydroxyl groups is 1. The first-order valence-electron chi connectivity index (χ1n) is 4.88. The van der Waals surface area contributed by atoms with Crippen LogP contribution in [0.25, 0.3) is 0 Å². The van der Waals surface area contributed by atoms with Crippen molar-refractivity contribution in [3.63, 3.8) is 0 Å². The van der Waals surface area contributed by atoms with Crippen molar-refractivity contribution in [3.05, 3.63) is 23.4 Å². The summed E-state index contributed by atoms with van der Waals surface area (Å²) in [6.07, 6.45) is 1.45. The van der Waals surface area contributed by atoms with Gasteiger partial charge in [-0.25, -0.2) is 4.98 Å². The summed E-state index contributed by atoms with van der Waals surface area (Å²) in [4.78, 5) is 4.28. The zero-order chi connectivity index (χ0) is 10.7. The summed E-state index contributed by atoms with van der Waals surface area (Å²) in [5, 5.41) is 12.5. The second-order valence-corrected chi connectivity index (χ2v) is 3.85. The fourth-order valence-corrected chi connectivity index (χ4v) is 1.20. The number of aryl methyl sites for hydroxylation is 2. The van der Waals surface area contributed by atoms with Crippen LogP contribution in [0.2, 0.25) is 0 Å². The minimum Gasteiger partial charge on any atom is -0.391 e. The average Bonchev–Trinajstić information content (AvgIpc) is 2.09. The molecule has 1 rings (SSSR count). The lowest BCUT2D eigenvalue weighted by Gasteiger charge is -2.18. The first-order chi connectivity index (χ1) is 6.50. The van der Waals surface area contributed by atoms with Gasteiger partial charge in [-0.1, -0.05) is 6.07 Å². The molecule has 0 aromatic carbocycles. The Morgan fingerprint density at radius 2 is 2.00 bits per heavy atom. The molecule has 0 saturated carbocycles. The zero-order valence-electron chi connectivity index (χ0n) is 9.20. The van der Waals surface area contributed by atoms with E-state index in [-0.39, 0.29) is 12.1 Å². The number of pyridine rings is 1. The number of rotatable bonds is 3. The fourth-order valence-electron chi connectivity index (χ4n) is 1.20. The molecule has 0 aliphatic carbocycles. The van der Waals surface area contributed by atoms with Crippen LogP contribution in [0, 0.1) is 13.8 Å². The Morgan fingerprint density at radius 3 is 2.50 bits per heavy atom. The molecule has 0 spiro atoms. The van der Waals surface area contributed by atoms with Crippen LogP contribution >= 0.6 is 0 Å². The standard InChI is InChI=1S/C11H18N2O/c1-7-5-8(2)11(12-6-7)13-9(3)10(4)14/h5-6,9-10,14H,1-4H3,(H,12,13). The number of nitrogens with zero attached hydrogens (tertiary/aromatic N) is 1. The Hall–Kier alpha value is -1.09. The van der Waals surface area contributed by atoms with Crippen molar-refractivity contribution < 1.29 is 5.11 Å². The number of aliphatic hydroxyl groups excluding tert-OH is 1. The highest BCUT2D eigenvalue weighted by molar-refractivity contribution is 5.45. The minimum atomic E-state index is -0.377. The topological polar surface area (TPSA) is 45.2 Å². The molecule has 0 amide bonds. The van der Waals surface area contributed by atoms with Gasteiger partial charge in [-0.2, -0.15) is 0 Å². The molecular weight excluding hydrogens is 176 g/mol. The molecule has 0 fully saturated rings. The van der Waals surface area contributed by atoms with Crippen LogP contribution in [0.4, 0.5) is 5.82 Å². The van der Waals surface area contributed by atoms with Gasteiger partial charge in [-0.05, 0) is 38.8 Å². The molecule has 2 unspecified atom stereocenters. The second kappa shape index (κ2) is 4.42. The van der Waals surface area contributed by atoms with E-state index in [9.17, 15) is 5.11 Å². The molecule has 2 atom stereocenters. The highest BCUT2D eigenvalue weighted by atomic mass is 16.3. The molecule has 3 heteroatoms. The SMILES string of the molecule is Cc1cnc(NC(C)C(C)O)c(C)c1. The minimum absolute atomic E-state index is 0.0175. The van der Waals surface area contributed by atoms with E-state index in [1.807, 2.05) is 27.0 Å². The predicted octanol–water partition coefficient (Wildman–Crippen LogP) is 1.88. The molecule has 0 bridgehead atoms. The Labute approximate surface area is 85.2 Å². The molecule has 2 N–H and O–H groups in total. The van der Waals surface area contributed by atoms with E-state index in [0.717, 1.165) is 16.9 Å². The van der Waals surface area contributed by atoms with Crippen LogP contribution in [0.3, 0.4) is 0 Å². The van der Waals surface area contributed by atoms with Gasteiger partial charge in [0.15, 0.2) is 0 Å². The van der Waals surface area contributed by atoms with Crippen LogP contribution < -0.4 is 5.32 Å². The van der Waals surface area contributed by atoms with Gasteiger partial charge in [0, 0.05) is 6.20 Å². The summed E-state index contributed by atoms with van der Waals surface area (Å²) in [5.41, 5.74) is 2.26. The van der Waals surface area contributed by atoms with Gasteiger partial charge in [-0.3, -0.25) is 0 Å². The third-order valence-corrected chi connectivity index (χ3v) is 2.30. The maximum atomic E-state index is 9.34. The lowest BCUT2D eigenvalue weighted by Crippen LogP contribution is -2.28. The summed E-state index contributed by atoms with van der Waals surface area (Å²) >= 11 is 0. The molecule has 14 heavy (non-hydrogen) atoms. The Bertz CT molecular complexity index is 310. The maximum absolute atomic E-state index is 9.34. The lowest BCUT2D eigenvalue weighted by molar-refractivity contribution is 0.177. The molecule has 3 nitrogen and oxygen atoms in total. The quantitative estimate of drug-likeness (QED) is 0.772. The van der Waals surface area contributed by atoms with Gasteiger partial charge >= 0.3 is 0 Å². The van der Waals surface area contributed by atoms with E-state index < -0.39 is 0 Å². The molecule has 0 saturated heterocycles. The van der Waals surface area contributed by atoms with Crippen molar-refractivity contribution in [3.8, 4) is 0 Å². The molecule has 1 aromatic heterocycles. The van der Waals surface area contributed by atoms with Gasteiger partial charge in [-0.15, -0.1) is 0 Å². The van der Waals surface area contributed by atoms with Crippen LogP contribution in [0.15, 0.2) is 12.3 Å². The summed E-state index contributed by atoms with van der Waals surface area (Å²) in [7, 11) is 0. The molecule has 1 heterocycles. The van der Waals surface area contributed by atoms with Crippen LogP contribution in [-0.2, 0) is 0 Å². The molecule has 1 aromatic rings. The molecular formula is C11H18N2O. The lowest BCUT2D eigenvalue weighted by atomic mass is 10.2. The van der Waals surface area contributed by atoms with Gasteiger partial charge in [0.05, 0.1) is 12.1 Å². The maximum Gasteiger partial charge on any atom is 0.129 e. The van der Waals surface area contributed by atoms with Gasteiger partial charge in [0.1, 0.15) is 5.82 Å². The number of aromatic nitrogens is 1. The van der Waals surface area contributed by atoms with E-state index in [2.05, 4.69) is 16.4 Å². The summed E-state index contributed by atoms with van der Waals surface area (Å²) < 4.78 is 0. The highest BCUT2D eigenvalue weighted by Gasteiger charge is 2.09. The smallest absolute Gasteiger partial charge is 0.129 e. The van der Waals surface area contributed by atoms with Crippen LogP contribution in [0.1, 0.15) is 25.0 Å².